The van der Waals surface area contributed by atoms with Gasteiger partial charge in [-0.25, -0.2) is 4.98 Å². The van der Waals surface area contributed by atoms with Crippen molar-refractivity contribution in [3.63, 3.8) is 0 Å². The Morgan fingerprint density at radius 3 is 3.05 bits per heavy atom. The Morgan fingerprint density at radius 2 is 2.25 bits per heavy atom. The van der Waals surface area contributed by atoms with E-state index in [0.717, 1.165) is 47.1 Å². The van der Waals surface area contributed by atoms with E-state index in [0.29, 0.717) is 0 Å². The van der Waals surface area contributed by atoms with Crippen molar-refractivity contribution in [1.82, 2.24) is 10.3 Å². The summed E-state index contributed by atoms with van der Waals surface area (Å²) in [5, 5.41) is 3.50. The Morgan fingerprint density at radius 1 is 1.40 bits per heavy atom. The SMILES string of the molecule is Brc1ccc(I)cc1-c1cnc(CCCNC2CC2)o1. The summed E-state index contributed by atoms with van der Waals surface area (Å²) in [5.41, 5.74) is 1.06. The van der Waals surface area contributed by atoms with E-state index in [9.17, 15) is 0 Å². The summed E-state index contributed by atoms with van der Waals surface area (Å²) in [6.07, 6.45) is 6.46. The molecule has 0 amide bonds. The molecule has 1 fully saturated rings. The lowest BCUT2D eigenvalue weighted by Crippen LogP contribution is -2.17. The predicted octanol–water partition coefficient (Wildman–Crippen LogP) is 4.39. The molecule has 1 saturated carbocycles. The second-order valence-electron chi connectivity index (χ2n) is 5.07. The van der Waals surface area contributed by atoms with Gasteiger partial charge in [-0.15, -0.1) is 0 Å². The van der Waals surface area contributed by atoms with Gasteiger partial charge in [0.15, 0.2) is 11.7 Å². The van der Waals surface area contributed by atoms with E-state index >= 15 is 0 Å². The molecule has 3 rings (SSSR count). The third kappa shape index (κ3) is 3.83. The maximum Gasteiger partial charge on any atom is 0.194 e. The molecule has 1 aromatic carbocycles. The minimum atomic E-state index is 0.775. The third-order valence-corrected chi connectivity index (χ3v) is 4.69. The molecular weight excluding hydrogens is 431 g/mol. The van der Waals surface area contributed by atoms with E-state index in [1.807, 2.05) is 12.3 Å². The maximum atomic E-state index is 5.86. The van der Waals surface area contributed by atoms with Gasteiger partial charge < -0.3 is 9.73 Å². The predicted molar refractivity (Wildman–Crippen MR) is 91.7 cm³/mol. The second-order valence-corrected chi connectivity index (χ2v) is 7.17. The summed E-state index contributed by atoms with van der Waals surface area (Å²) in [5.74, 6) is 1.66. The van der Waals surface area contributed by atoms with Crippen LogP contribution in [0, 0.1) is 3.57 Å². The molecule has 1 aliphatic rings. The van der Waals surface area contributed by atoms with Crippen LogP contribution in [-0.4, -0.2) is 17.6 Å². The van der Waals surface area contributed by atoms with Crippen LogP contribution >= 0.6 is 38.5 Å². The van der Waals surface area contributed by atoms with Crippen molar-refractivity contribution in [2.45, 2.75) is 31.7 Å². The Balaban J connectivity index is 1.61. The third-order valence-electron chi connectivity index (χ3n) is 3.33. The highest BCUT2D eigenvalue weighted by atomic mass is 127. The van der Waals surface area contributed by atoms with Crippen LogP contribution in [0.1, 0.15) is 25.2 Å². The summed E-state index contributed by atoms with van der Waals surface area (Å²) in [6, 6.07) is 6.98. The molecule has 106 valence electrons. The first kappa shape index (κ1) is 14.5. The fourth-order valence-electron chi connectivity index (χ4n) is 2.07. The Kier molecular flexibility index (Phi) is 4.78. The number of oxazole rings is 1. The van der Waals surface area contributed by atoms with Gasteiger partial charge >= 0.3 is 0 Å². The lowest BCUT2D eigenvalue weighted by atomic mass is 10.2. The van der Waals surface area contributed by atoms with Crippen molar-refractivity contribution in [2.75, 3.05) is 6.54 Å². The standard InChI is InChI=1S/C15H16BrIN2O/c16-13-6-3-10(17)8-12(13)14-9-19-15(20-14)2-1-7-18-11-4-5-11/h3,6,8-9,11,18H,1-2,4-5,7H2. The van der Waals surface area contributed by atoms with Gasteiger partial charge in [0.05, 0.1) is 6.20 Å². The Bertz CT molecular complexity index is 595. The van der Waals surface area contributed by atoms with Crippen LogP contribution in [0.2, 0.25) is 0 Å². The molecule has 0 bridgehead atoms. The number of rotatable bonds is 6. The van der Waals surface area contributed by atoms with E-state index in [1.165, 1.54) is 16.4 Å². The Labute approximate surface area is 140 Å². The van der Waals surface area contributed by atoms with Crippen molar-refractivity contribution < 1.29 is 4.42 Å². The second kappa shape index (κ2) is 6.58. The fourth-order valence-corrected chi connectivity index (χ4v) is 3.00. The largest absolute Gasteiger partial charge is 0.441 e. The topological polar surface area (TPSA) is 38.1 Å². The quantitative estimate of drug-likeness (QED) is 0.528. The highest BCUT2D eigenvalue weighted by Gasteiger charge is 2.19. The Hall–Kier alpha value is -0.400. The molecule has 3 nitrogen and oxygen atoms in total. The zero-order valence-electron chi connectivity index (χ0n) is 11.0. The number of aryl methyl sites for hydroxylation is 1. The molecule has 1 aliphatic carbocycles. The number of hydrogen-bond acceptors (Lipinski definition) is 3. The van der Waals surface area contributed by atoms with Crippen molar-refractivity contribution in [3.8, 4) is 11.3 Å². The molecule has 0 radical (unpaired) electrons. The fraction of sp³-hybridized carbons (Fsp3) is 0.400. The van der Waals surface area contributed by atoms with Crippen LogP contribution in [0.5, 0.6) is 0 Å². The summed E-state index contributed by atoms with van der Waals surface area (Å²) < 4.78 is 8.08. The van der Waals surface area contributed by atoms with E-state index in [1.54, 1.807) is 0 Å². The monoisotopic (exact) mass is 446 g/mol. The molecule has 1 N–H and O–H groups in total. The molecule has 5 heteroatoms. The maximum absolute atomic E-state index is 5.86. The van der Waals surface area contributed by atoms with Crippen molar-refractivity contribution in [3.05, 3.63) is 38.3 Å². The molecule has 20 heavy (non-hydrogen) atoms. The summed E-state index contributed by atoms with van der Waals surface area (Å²) in [6.45, 7) is 1.05. The zero-order valence-corrected chi connectivity index (χ0v) is 14.8. The van der Waals surface area contributed by atoms with E-state index < -0.39 is 0 Å². The average molecular weight is 447 g/mol. The molecule has 0 atom stereocenters. The first-order chi connectivity index (χ1) is 9.72. The van der Waals surface area contributed by atoms with Crippen LogP contribution in [0.3, 0.4) is 0 Å². The highest BCUT2D eigenvalue weighted by Crippen LogP contribution is 2.30. The van der Waals surface area contributed by atoms with Crippen LogP contribution < -0.4 is 5.32 Å². The molecule has 1 aromatic heterocycles. The van der Waals surface area contributed by atoms with Gasteiger partial charge in [0.2, 0.25) is 0 Å². The van der Waals surface area contributed by atoms with Crippen LogP contribution in [0.15, 0.2) is 33.3 Å². The first-order valence-electron chi connectivity index (χ1n) is 6.86. The molecule has 2 aromatic rings. The van der Waals surface area contributed by atoms with E-state index in [2.05, 4.69) is 61.0 Å². The van der Waals surface area contributed by atoms with E-state index in [-0.39, 0.29) is 0 Å². The minimum absolute atomic E-state index is 0.775. The van der Waals surface area contributed by atoms with Gasteiger partial charge in [-0.3, -0.25) is 0 Å². The van der Waals surface area contributed by atoms with Crippen molar-refractivity contribution in [2.24, 2.45) is 0 Å². The number of nitrogens with zero attached hydrogens (tertiary/aromatic N) is 1. The van der Waals surface area contributed by atoms with Gasteiger partial charge in [-0.2, -0.15) is 0 Å². The number of benzene rings is 1. The highest BCUT2D eigenvalue weighted by molar-refractivity contribution is 14.1. The zero-order chi connectivity index (χ0) is 13.9. The average Bonchev–Trinajstić information content (AvgIpc) is 3.15. The van der Waals surface area contributed by atoms with E-state index in [4.69, 9.17) is 4.42 Å². The van der Waals surface area contributed by atoms with Crippen LogP contribution in [0.25, 0.3) is 11.3 Å². The molecule has 0 aliphatic heterocycles. The lowest BCUT2D eigenvalue weighted by Gasteiger charge is -2.02. The van der Waals surface area contributed by atoms with Gasteiger partial charge in [0.1, 0.15) is 0 Å². The van der Waals surface area contributed by atoms with Gasteiger partial charge in [-0.1, -0.05) is 15.9 Å². The summed E-state index contributed by atoms with van der Waals surface area (Å²) in [7, 11) is 0. The van der Waals surface area contributed by atoms with Gasteiger partial charge in [0, 0.05) is 26.1 Å². The number of hydrogen-bond donors (Lipinski definition) is 1. The van der Waals surface area contributed by atoms with Crippen LogP contribution in [-0.2, 0) is 6.42 Å². The number of nitrogens with one attached hydrogen (secondary N) is 1. The van der Waals surface area contributed by atoms with Crippen molar-refractivity contribution in [1.29, 1.82) is 0 Å². The van der Waals surface area contributed by atoms with Crippen LogP contribution in [0.4, 0.5) is 0 Å². The number of aromatic nitrogens is 1. The summed E-state index contributed by atoms with van der Waals surface area (Å²) >= 11 is 5.87. The normalized spacial score (nSPS) is 14.7. The van der Waals surface area contributed by atoms with Gasteiger partial charge in [0.25, 0.3) is 0 Å². The molecule has 0 unspecified atom stereocenters. The summed E-state index contributed by atoms with van der Waals surface area (Å²) in [4.78, 5) is 4.38. The smallest absolute Gasteiger partial charge is 0.194 e. The molecular formula is C15H16BrIN2O. The molecule has 0 spiro atoms. The lowest BCUT2D eigenvalue weighted by molar-refractivity contribution is 0.491. The van der Waals surface area contributed by atoms with Crippen molar-refractivity contribution >= 4 is 38.5 Å². The number of halogens is 2. The van der Waals surface area contributed by atoms with Gasteiger partial charge in [-0.05, 0) is 66.6 Å². The molecule has 1 heterocycles. The molecule has 0 saturated heterocycles. The first-order valence-corrected chi connectivity index (χ1v) is 8.73. The minimum Gasteiger partial charge on any atom is -0.441 e.